The molecule has 11 N–H and O–H groups in total. The summed E-state index contributed by atoms with van der Waals surface area (Å²) in [5, 5.41) is 24.7. The number of benzene rings is 3. The van der Waals surface area contributed by atoms with Gasteiger partial charge in [-0.15, -0.1) is 0 Å². The zero-order chi connectivity index (χ0) is 46.9. The number of hydrogen-bond donors (Lipinski definition) is 10. The normalized spacial score (nSPS) is 11.8. The average Bonchev–Trinajstić information content (AvgIpc) is 3.26. The molecule has 2 atom stereocenters. The van der Waals surface area contributed by atoms with Gasteiger partial charge in [-0.3, -0.25) is 53.5 Å². The molecular formula is C41H54N9O13P. The van der Waals surface area contributed by atoms with Gasteiger partial charge in [-0.2, -0.15) is 0 Å². The Morgan fingerprint density at radius 2 is 1.20 bits per heavy atom. The lowest BCUT2D eigenvalue weighted by molar-refractivity contribution is -0.140. The molecule has 0 fully saturated rings. The summed E-state index contributed by atoms with van der Waals surface area (Å²) in [5.74, 6) is -5.44. The Kier molecular flexibility index (Phi) is 22.1. The van der Waals surface area contributed by atoms with Crippen molar-refractivity contribution in [1.82, 2.24) is 41.7 Å². The summed E-state index contributed by atoms with van der Waals surface area (Å²) in [7, 11) is -4.82. The number of carboxylic acid groups (broad SMARTS) is 1. The van der Waals surface area contributed by atoms with E-state index in [2.05, 4.69) is 36.4 Å². The van der Waals surface area contributed by atoms with Gasteiger partial charge in [-0.25, -0.2) is 4.57 Å². The van der Waals surface area contributed by atoms with Crippen molar-refractivity contribution >= 4 is 55.6 Å². The van der Waals surface area contributed by atoms with Gasteiger partial charge in [0.15, 0.2) is 0 Å². The first kappa shape index (κ1) is 51.6. The van der Waals surface area contributed by atoms with Gasteiger partial charge in [-0.05, 0) is 48.2 Å². The van der Waals surface area contributed by atoms with Crippen LogP contribution in [0.2, 0.25) is 0 Å². The third kappa shape index (κ3) is 20.9. The standard InChI is InChI=1S/C41H54N9O13P/c42-18-8-7-13-32(19-47-40(41(58)59)31-14-16-33(17-15-31)63-64(60,61)62)48-37(55)23-45-35(53)21-43-34(52)20-44-36(54)22-46-38(56)26-50(25-30-11-5-2-6-12-30)39(57)27-49(28-51)24-29-9-3-1-4-10-29/h1-6,9-12,14-17,28,32,40,47H,7-8,13,18-27,42H2,(H,43,52)(H,44,54)(H,45,53)(H,46,56)(H,48,55)(H,58,59)(H2,60,61,62). The van der Waals surface area contributed by atoms with Gasteiger partial charge in [0.25, 0.3) is 0 Å². The maximum atomic E-state index is 13.3. The maximum absolute atomic E-state index is 13.3. The first-order valence-corrected chi connectivity index (χ1v) is 21.5. The van der Waals surface area contributed by atoms with Crippen molar-refractivity contribution in [2.24, 2.45) is 5.73 Å². The lowest BCUT2D eigenvalue weighted by Gasteiger charge is -2.25. The largest absolute Gasteiger partial charge is 0.524 e. The van der Waals surface area contributed by atoms with Crippen molar-refractivity contribution in [3.05, 3.63) is 102 Å². The molecule has 0 radical (unpaired) electrons. The molecule has 2 unspecified atom stereocenters. The Hall–Kier alpha value is -6.71. The smallest absolute Gasteiger partial charge is 0.480 e. The van der Waals surface area contributed by atoms with E-state index in [9.17, 15) is 48.0 Å². The van der Waals surface area contributed by atoms with Gasteiger partial charge >= 0.3 is 13.8 Å². The second-order valence-electron chi connectivity index (χ2n) is 14.2. The summed E-state index contributed by atoms with van der Waals surface area (Å²) in [6.07, 6.45) is 2.16. The number of nitrogens with zero attached hydrogens (tertiary/aromatic N) is 2. The van der Waals surface area contributed by atoms with Crippen LogP contribution in [0.3, 0.4) is 0 Å². The Balaban J connectivity index is 1.40. The van der Waals surface area contributed by atoms with Gasteiger partial charge in [0.2, 0.25) is 41.9 Å². The maximum Gasteiger partial charge on any atom is 0.524 e. The Morgan fingerprint density at radius 3 is 1.70 bits per heavy atom. The lowest BCUT2D eigenvalue weighted by atomic mass is 10.0. The van der Waals surface area contributed by atoms with Crippen molar-refractivity contribution in [3.8, 4) is 5.75 Å². The quantitative estimate of drug-likeness (QED) is 0.0219. The van der Waals surface area contributed by atoms with Crippen molar-refractivity contribution in [1.29, 1.82) is 0 Å². The van der Waals surface area contributed by atoms with E-state index < -0.39 is 94.0 Å². The molecule has 0 aliphatic heterocycles. The van der Waals surface area contributed by atoms with Gasteiger partial charge in [-0.1, -0.05) is 79.2 Å². The molecular weight excluding hydrogens is 857 g/mol. The first-order chi connectivity index (χ1) is 30.5. The first-order valence-electron chi connectivity index (χ1n) is 20.0. The Bertz CT molecular complexity index is 2060. The zero-order valence-corrected chi connectivity index (χ0v) is 35.7. The van der Waals surface area contributed by atoms with Crippen molar-refractivity contribution < 1.29 is 62.3 Å². The molecule has 0 bridgehead atoms. The molecule has 346 valence electrons. The lowest BCUT2D eigenvalue weighted by Crippen LogP contribution is -2.49. The number of carbonyl (C=O) groups is 8. The van der Waals surface area contributed by atoms with Crippen LogP contribution in [0.15, 0.2) is 84.9 Å². The van der Waals surface area contributed by atoms with E-state index >= 15 is 0 Å². The van der Waals surface area contributed by atoms with Crippen molar-refractivity contribution in [2.75, 3.05) is 52.4 Å². The second kappa shape index (κ2) is 27.4. The van der Waals surface area contributed by atoms with E-state index in [1.54, 1.807) is 42.5 Å². The molecule has 3 rings (SSSR count). The van der Waals surface area contributed by atoms with E-state index in [0.29, 0.717) is 32.2 Å². The molecule has 0 heterocycles. The highest BCUT2D eigenvalue weighted by Crippen LogP contribution is 2.37. The molecule has 0 spiro atoms. The number of unbranched alkanes of at least 4 members (excludes halogenated alkanes) is 1. The predicted octanol–water partition coefficient (Wildman–Crippen LogP) is -1.36. The van der Waals surface area contributed by atoms with E-state index in [4.69, 9.17) is 15.5 Å². The van der Waals surface area contributed by atoms with E-state index in [-0.39, 0.29) is 37.5 Å². The number of hydrogen-bond acceptors (Lipinski definition) is 12. The highest BCUT2D eigenvalue weighted by atomic mass is 31.2. The second-order valence-corrected chi connectivity index (χ2v) is 15.4. The number of rotatable bonds is 29. The number of amides is 7. The van der Waals surface area contributed by atoms with Gasteiger partial charge in [0.1, 0.15) is 11.8 Å². The van der Waals surface area contributed by atoms with Crippen LogP contribution in [0, 0.1) is 0 Å². The van der Waals surface area contributed by atoms with Gasteiger partial charge < -0.3 is 51.7 Å². The van der Waals surface area contributed by atoms with Crippen molar-refractivity contribution in [3.63, 3.8) is 0 Å². The molecule has 0 saturated carbocycles. The zero-order valence-electron chi connectivity index (χ0n) is 34.9. The molecule has 3 aromatic rings. The Morgan fingerprint density at radius 1 is 0.688 bits per heavy atom. The highest BCUT2D eigenvalue weighted by molar-refractivity contribution is 7.46. The van der Waals surface area contributed by atoms with Crippen LogP contribution in [-0.4, -0.2) is 131 Å². The summed E-state index contributed by atoms with van der Waals surface area (Å²) in [5.41, 5.74) is 7.38. The molecule has 22 nitrogen and oxygen atoms in total. The highest BCUT2D eigenvalue weighted by Gasteiger charge is 2.24. The Labute approximate surface area is 368 Å². The fourth-order valence-electron chi connectivity index (χ4n) is 5.90. The van der Waals surface area contributed by atoms with E-state index in [1.165, 1.54) is 34.1 Å². The summed E-state index contributed by atoms with van der Waals surface area (Å²) < 4.78 is 15.6. The number of aliphatic carboxylic acids is 1. The number of carboxylic acids is 1. The number of phosphoric acid groups is 1. The number of nitrogens with two attached hydrogens (primary N) is 1. The van der Waals surface area contributed by atoms with Crippen LogP contribution in [0.5, 0.6) is 5.75 Å². The van der Waals surface area contributed by atoms with E-state index in [1.807, 2.05) is 18.2 Å². The molecule has 0 aliphatic carbocycles. The molecule has 23 heteroatoms. The summed E-state index contributed by atoms with van der Waals surface area (Å²) >= 11 is 0. The number of nitrogens with one attached hydrogen (secondary N) is 6. The minimum atomic E-state index is -4.82. The van der Waals surface area contributed by atoms with Crippen LogP contribution in [0.1, 0.15) is 42.0 Å². The summed E-state index contributed by atoms with van der Waals surface area (Å²) in [4.78, 5) is 120. The summed E-state index contributed by atoms with van der Waals surface area (Å²) in [6, 6.07) is 21.1. The summed E-state index contributed by atoms with van der Waals surface area (Å²) in [6.45, 7) is -2.24. The average molecular weight is 912 g/mol. The van der Waals surface area contributed by atoms with Crippen LogP contribution < -0.4 is 42.2 Å². The van der Waals surface area contributed by atoms with Crippen LogP contribution in [0.25, 0.3) is 0 Å². The van der Waals surface area contributed by atoms with Crippen LogP contribution in [-0.2, 0) is 56.0 Å². The fraction of sp³-hybridized carbons (Fsp3) is 0.366. The molecule has 3 aromatic carbocycles. The monoisotopic (exact) mass is 911 g/mol. The predicted molar refractivity (Wildman–Crippen MR) is 229 cm³/mol. The van der Waals surface area contributed by atoms with Crippen molar-refractivity contribution in [2.45, 2.75) is 44.4 Å². The SMILES string of the molecule is NCCCCC(CNC(C(=O)O)c1ccc(OP(=O)(O)O)cc1)NC(=O)CNC(=O)CNC(=O)CNC(=O)CNC(=O)CN(Cc1ccccc1)C(=O)CN(C=O)Cc1ccccc1. The molecule has 64 heavy (non-hydrogen) atoms. The topological polar surface area (TPSA) is 328 Å². The molecule has 0 aliphatic rings. The van der Waals surface area contributed by atoms with Crippen LogP contribution in [0.4, 0.5) is 0 Å². The number of phosphoric ester groups is 1. The number of carbonyl (C=O) groups excluding carboxylic acids is 7. The minimum Gasteiger partial charge on any atom is -0.480 e. The third-order valence-corrected chi connectivity index (χ3v) is 9.48. The molecule has 0 aromatic heterocycles. The van der Waals surface area contributed by atoms with Crippen LogP contribution >= 0.6 is 7.82 Å². The minimum absolute atomic E-state index is 0.0172. The van der Waals surface area contributed by atoms with E-state index in [0.717, 1.165) is 11.1 Å². The third-order valence-electron chi connectivity index (χ3n) is 9.03. The molecule has 0 saturated heterocycles. The molecule has 7 amide bonds. The van der Waals surface area contributed by atoms with Gasteiger partial charge in [0.05, 0.1) is 39.3 Å². The van der Waals surface area contributed by atoms with Gasteiger partial charge in [0, 0.05) is 25.7 Å². The fourth-order valence-corrected chi connectivity index (χ4v) is 6.29.